The number of hydrogen-bond donors (Lipinski definition) is 1. The van der Waals surface area contributed by atoms with Gasteiger partial charge in [-0.2, -0.15) is 0 Å². The highest BCUT2D eigenvalue weighted by Crippen LogP contribution is 2.47. The lowest BCUT2D eigenvalue weighted by Gasteiger charge is -2.49. The van der Waals surface area contributed by atoms with Crippen molar-refractivity contribution < 1.29 is 38.0 Å². The summed E-state index contributed by atoms with van der Waals surface area (Å²) >= 11 is 0. The van der Waals surface area contributed by atoms with Gasteiger partial charge >= 0.3 is 0 Å². The average Bonchev–Trinajstić information content (AvgIpc) is 3.39. The van der Waals surface area contributed by atoms with Crippen molar-refractivity contribution in [2.24, 2.45) is 0 Å². The van der Waals surface area contributed by atoms with Crippen LogP contribution in [0.2, 0.25) is 0 Å². The van der Waals surface area contributed by atoms with E-state index >= 15 is 0 Å². The Kier molecular flexibility index (Phi) is 19.9. The van der Waals surface area contributed by atoms with Gasteiger partial charge in [-0.05, 0) is 75.7 Å². The van der Waals surface area contributed by atoms with Crippen LogP contribution < -0.4 is 14.8 Å². The molecule has 1 aliphatic carbocycles. The maximum Gasteiger partial charge on any atom is 0.246 e. The van der Waals surface area contributed by atoms with Gasteiger partial charge in [-0.15, -0.1) is 0 Å². The molecule has 4 unspecified atom stereocenters. The van der Waals surface area contributed by atoms with Crippen molar-refractivity contribution in [1.82, 2.24) is 20.0 Å². The highest BCUT2D eigenvalue weighted by molar-refractivity contribution is 5.96. The molecule has 5 rings (SSSR count). The Hall–Kier alpha value is -4.78. The molecule has 0 aromatic heterocycles. The van der Waals surface area contributed by atoms with E-state index in [-0.39, 0.29) is 30.4 Å². The first kappa shape index (κ1) is 47.6. The standard InChI is InChI=1S/C42H56N4O7.C2H6O.C2H6/c1-9-35(53-22-14-21-49-6)37(52-10-2)19-17-28(3)25-44(5)26-29(4)45-27-39(47)46-34(42(45)48)24-32-31-15-12-11-13-16-33(31)43-40(32)41(46)30-18-20-36(50-7)38(23-30)51-8;1-3-2;1-2/h9,11-13,15-20,23,29,33-34,41,43H,10,14,21-22,24-27H2,1-8H3;1-2H3;1-2H3/b28-17+,35-9+,37-19+;;. The van der Waals surface area contributed by atoms with E-state index in [1.807, 2.05) is 96.3 Å². The molecule has 12 heteroatoms. The molecule has 1 saturated heterocycles. The lowest BCUT2D eigenvalue weighted by molar-refractivity contribution is -0.160. The number of hydrogen-bond acceptors (Lipinski definition) is 10. The van der Waals surface area contributed by atoms with Crippen LogP contribution in [0.3, 0.4) is 0 Å². The molecule has 1 aromatic rings. The summed E-state index contributed by atoms with van der Waals surface area (Å²) in [6.45, 7) is 15.0. The third-order valence-electron chi connectivity index (χ3n) is 9.99. The molecular formula is C46H68N4O8. The van der Waals surface area contributed by atoms with E-state index in [1.54, 1.807) is 45.3 Å². The second kappa shape index (κ2) is 24.2. The van der Waals surface area contributed by atoms with Crippen LogP contribution in [-0.2, 0) is 28.5 Å². The number of methoxy groups -OCH3 is 4. The molecule has 0 radical (unpaired) electrons. The predicted octanol–water partition coefficient (Wildman–Crippen LogP) is 6.90. The molecule has 58 heavy (non-hydrogen) atoms. The Morgan fingerprint density at radius 1 is 0.983 bits per heavy atom. The fraction of sp³-hybridized carbons (Fsp3) is 0.522. The largest absolute Gasteiger partial charge is 0.493 e. The summed E-state index contributed by atoms with van der Waals surface area (Å²) in [6.07, 6.45) is 17.4. The van der Waals surface area contributed by atoms with E-state index < -0.39 is 12.1 Å². The van der Waals surface area contributed by atoms with Gasteiger partial charge in [0.15, 0.2) is 23.0 Å². The number of fused-ring (bicyclic) bond motifs is 3. The van der Waals surface area contributed by atoms with Crippen LogP contribution in [0.4, 0.5) is 0 Å². The highest BCUT2D eigenvalue weighted by Gasteiger charge is 2.51. The first-order valence-corrected chi connectivity index (χ1v) is 20.3. The number of piperazine rings is 1. The Morgan fingerprint density at radius 2 is 1.71 bits per heavy atom. The number of rotatable bonds is 17. The number of allylic oxidation sites excluding steroid dienone is 7. The summed E-state index contributed by atoms with van der Waals surface area (Å²) in [5.41, 5.74) is 5.14. The zero-order valence-electron chi connectivity index (χ0n) is 36.9. The molecule has 320 valence electrons. The maximum absolute atomic E-state index is 14.5. The molecule has 1 fully saturated rings. The topological polar surface area (TPSA) is 111 Å². The van der Waals surface area contributed by atoms with E-state index in [2.05, 4.69) is 34.0 Å². The molecule has 4 aliphatic rings. The van der Waals surface area contributed by atoms with Crippen molar-refractivity contribution in [3.63, 3.8) is 0 Å². The first-order chi connectivity index (χ1) is 28.1. The van der Waals surface area contributed by atoms with Crippen LogP contribution in [0.25, 0.3) is 0 Å². The molecule has 3 aliphatic heterocycles. The van der Waals surface area contributed by atoms with Crippen molar-refractivity contribution in [1.29, 1.82) is 0 Å². The number of amides is 2. The number of ether oxygens (including phenoxy) is 6. The fourth-order valence-corrected chi connectivity index (χ4v) is 7.61. The number of nitrogens with one attached hydrogen (secondary N) is 1. The Morgan fingerprint density at radius 3 is 2.36 bits per heavy atom. The lowest BCUT2D eigenvalue weighted by atomic mass is 9.84. The SMILES string of the molecule is CC.COC.C\C=C(OCCCOC)/C(=C\C=C(/C)CN(C)CC(C)N1CC(=O)N2C(CC3=C(NC4C=CC=CC=C34)C2c2ccc(OC)c(OC)c2)C1=O)OCC. The monoisotopic (exact) mass is 805 g/mol. The van der Waals surface area contributed by atoms with Gasteiger partial charge in [0, 0.05) is 65.6 Å². The zero-order valence-corrected chi connectivity index (χ0v) is 36.9. The minimum atomic E-state index is -0.639. The van der Waals surface area contributed by atoms with Crippen molar-refractivity contribution >= 4 is 11.8 Å². The molecule has 1 N–H and O–H groups in total. The summed E-state index contributed by atoms with van der Waals surface area (Å²) in [4.78, 5) is 34.6. The summed E-state index contributed by atoms with van der Waals surface area (Å²) in [5.74, 6) is 2.43. The van der Waals surface area contributed by atoms with E-state index in [0.29, 0.717) is 62.3 Å². The van der Waals surface area contributed by atoms with Crippen LogP contribution in [0.15, 0.2) is 101 Å². The summed E-state index contributed by atoms with van der Waals surface area (Å²) < 4.78 is 32.4. The lowest BCUT2D eigenvalue weighted by Crippen LogP contribution is -2.64. The first-order valence-electron chi connectivity index (χ1n) is 20.3. The van der Waals surface area contributed by atoms with Crippen LogP contribution in [0, 0.1) is 0 Å². The van der Waals surface area contributed by atoms with E-state index in [9.17, 15) is 9.59 Å². The highest BCUT2D eigenvalue weighted by atomic mass is 16.5. The van der Waals surface area contributed by atoms with Gasteiger partial charge in [0.1, 0.15) is 12.6 Å². The second-order valence-corrected chi connectivity index (χ2v) is 14.2. The number of carbonyl (C=O) groups is 2. The Balaban J connectivity index is 0.00000172. The van der Waals surface area contributed by atoms with Crippen molar-refractivity contribution in [2.75, 3.05) is 82.1 Å². The number of carbonyl (C=O) groups excluding carboxylic acids is 2. The molecular weight excluding hydrogens is 737 g/mol. The molecule has 2 amide bonds. The minimum absolute atomic E-state index is 0.0112. The molecule has 0 saturated carbocycles. The summed E-state index contributed by atoms with van der Waals surface area (Å²) in [6, 6.07) is 4.38. The maximum atomic E-state index is 14.5. The van der Waals surface area contributed by atoms with Crippen LogP contribution in [-0.4, -0.2) is 127 Å². The average molecular weight is 805 g/mol. The van der Waals surface area contributed by atoms with Crippen molar-refractivity contribution in [3.8, 4) is 11.5 Å². The van der Waals surface area contributed by atoms with E-state index in [0.717, 1.165) is 34.4 Å². The summed E-state index contributed by atoms with van der Waals surface area (Å²) in [7, 11) is 10.2. The van der Waals surface area contributed by atoms with Gasteiger partial charge in [0.25, 0.3) is 0 Å². The molecule has 4 atom stereocenters. The molecule has 1 aromatic carbocycles. The normalized spacial score (nSPS) is 20.7. The van der Waals surface area contributed by atoms with Gasteiger partial charge in [0.2, 0.25) is 11.8 Å². The van der Waals surface area contributed by atoms with E-state index in [1.165, 1.54) is 0 Å². The fourth-order valence-electron chi connectivity index (χ4n) is 7.61. The molecule has 0 bridgehead atoms. The van der Waals surface area contributed by atoms with Gasteiger partial charge in [-0.1, -0.05) is 61.9 Å². The smallest absolute Gasteiger partial charge is 0.246 e. The third-order valence-corrected chi connectivity index (χ3v) is 9.99. The Labute approximate surface area is 347 Å². The van der Waals surface area contributed by atoms with Crippen molar-refractivity contribution in [2.45, 2.75) is 78.6 Å². The van der Waals surface area contributed by atoms with E-state index in [4.69, 9.17) is 23.7 Å². The number of nitrogens with zero attached hydrogens (tertiary/aromatic N) is 3. The van der Waals surface area contributed by atoms with Gasteiger partial charge in [-0.25, -0.2) is 0 Å². The summed E-state index contributed by atoms with van der Waals surface area (Å²) in [5, 5.41) is 3.70. The van der Waals surface area contributed by atoms with Crippen LogP contribution in [0.1, 0.15) is 66.0 Å². The number of likely N-dealkylation sites (N-methyl/N-ethyl adjacent to an activating group) is 1. The van der Waals surface area contributed by atoms with Gasteiger partial charge in [0.05, 0.1) is 39.5 Å². The zero-order chi connectivity index (χ0) is 42.8. The Bertz CT molecular complexity index is 1740. The molecule has 3 heterocycles. The van der Waals surface area contributed by atoms with Gasteiger partial charge < -0.3 is 48.4 Å². The van der Waals surface area contributed by atoms with Crippen LogP contribution in [0.5, 0.6) is 11.5 Å². The second-order valence-electron chi connectivity index (χ2n) is 14.2. The minimum Gasteiger partial charge on any atom is -0.493 e. The quantitative estimate of drug-likeness (QED) is 0.102. The van der Waals surface area contributed by atoms with Crippen LogP contribution >= 0.6 is 0 Å². The van der Waals surface area contributed by atoms with Gasteiger partial charge in [-0.3, -0.25) is 9.59 Å². The molecule has 12 nitrogen and oxygen atoms in total. The molecule has 0 spiro atoms. The van der Waals surface area contributed by atoms with Crippen molar-refractivity contribution in [3.05, 3.63) is 106 Å². The predicted molar refractivity (Wildman–Crippen MR) is 230 cm³/mol. The number of benzene rings is 1. The third kappa shape index (κ3) is 11.9.